The van der Waals surface area contributed by atoms with Gasteiger partial charge in [-0.05, 0) is 24.0 Å². The maximum Gasteiger partial charge on any atom is 0.407 e. The summed E-state index contributed by atoms with van der Waals surface area (Å²) >= 11 is 0. The third kappa shape index (κ3) is 6.16. The summed E-state index contributed by atoms with van der Waals surface area (Å²) in [6.45, 7) is 0.402. The fourth-order valence-electron chi connectivity index (χ4n) is 2.97. The largest absolute Gasteiger partial charge is 0.445 e. The van der Waals surface area contributed by atoms with Gasteiger partial charge in [-0.15, -0.1) is 0 Å². The molecule has 3 rings (SSSR count). The van der Waals surface area contributed by atoms with Crippen molar-refractivity contribution in [2.45, 2.75) is 38.1 Å². The van der Waals surface area contributed by atoms with Crippen LogP contribution in [0.5, 0.6) is 0 Å². The van der Waals surface area contributed by atoms with Crippen LogP contribution in [0.1, 0.15) is 24.0 Å². The third-order valence-electron chi connectivity index (χ3n) is 4.46. The third-order valence-corrected chi connectivity index (χ3v) is 4.46. The van der Waals surface area contributed by atoms with E-state index in [9.17, 15) is 9.59 Å². The predicted molar refractivity (Wildman–Crippen MR) is 105 cm³/mol. The maximum absolute atomic E-state index is 12.1. The lowest BCUT2D eigenvalue weighted by Crippen LogP contribution is -2.52. The molecule has 0 radical (unpaired) electrons. The van der Waals surface area contributed by atoms with Gasteiger partial charge in [0.1, 0.15) is 13.2 Å². The molecule has 2 atom stereocenters. The van der Waals surface area contributed by atoms with Crippen molar-refractivity contribution >= 4 is 12.2 Å². The molecule has 6 heteroatoms. The van der Waals surface area contributed by atoms with Crippen LogP contribution in [0.2, 0.25) is 0 Å². The molecule has 28 heavy (non-hydrogen) atoms. The number of amides is 2. The summed E-state index contributed by atoms with van der Waals surface area (Å²) in [6.07, 6.45) is 4.18. The van der Waals surface area contributed by atoms with E-state index in [1.165, 1.54) is 0 Å². The highest BCUT2D eigenvalue weighted by molar-refractivity contribution is 5.69. The second-order valence-electron chi connectivity index (χ2n) is 6.57. The van der Waals surface area contributed by atoms with Gasteiger partial charge in [-0.25, -0.2) is 9.59 Å². The van der Waals surface area contributed by atoms with Gasteiger partial charge in [-0.1, -0.05) is 72.8 Å². The molecule has 2 aromatic carbocycles. The molecule has 146 valence electrons. The van der Waals surface area contributed by atoms with Crippen molar-refractivity contribution in [2.75, 3.05) is 0 Å². The predicted octanol–water partition coefficient (Wildman–Crippen LogP) is 3.93. The lowest BCUT2D eigenvalue weighted by atomic mass is 9.96. The maximum atomic E-state index is 12.1. The zero-order valence-corrected chi connectivity index (χ0v) is 15.5. The summed E-state index contributed by atoms with van der Waals surface area (Å²) in [5.74, 6) is 0. The number of benzene rings is 2. The highest BCUT2D eigenvalue weighted by atomic mass is 16.6. The SMILES string of the molecule is O=C(N[C@H]1CC=CC[C@@H]1NC(=O)OCc1ccccc1)OCc1ccccc1. The zero-order chi connectivity index (χ0) is 19.6. The molecule has 2 N–H and O–H groups in total. The Bertz CT molecular complexity index is 725. The number of ether oxygens (including phenoxy) is 2. The highest BCUT2D eigenvalue weighted by Crippen LogP contribution is 2.13. The Morgan fingerprint density at radius 1 is 0.714 bits per heavy atom. The molecule has 0 saturated carbocycles. The Balaban J connectivity index is 1.45. The Morgan fingerprint density at radius 3 is 1.50 bits per heavy atom. The zero-order valence-electron chi connectivity index (χ0n) is 15.5. The van der Waals surface area contributed by atoms with Gasteiger partial charge < -0.3 is 20.1 Å². The second kappa shape index (κ2) is 10.2. The monoisotopic (exact) mass is 380 g/mol. The van der Waals surface area contributed by atoms with Crippen molar-refractivity contribution < 1.29 is 19.1 Å². The molecular formula is C22H24N2O4. The van der Waals surface area contributed by atoms with E-state index < -0.39 is 12.2 Å². The van der Waals surface area contributed by atoms with Gasteiger partial charge in [-0.3, -0.25) is 0 Å². The lowest BCUT2D eigenvalue weighted by Gasteiger charge is -2.29. The normalized spacial score (nSPS) is 18.1. The summed E-state index contributed by atoms with van der Waals surface area (Å²) in [5, 5.41) is 5.67. The van der Waals surface area contributed by atoms with E-state index >= 15 is 0 Å². The standard InChI is InChI=1S/C22H24N2O4/c25-21(27-15-17-9-3-1-4-10-17)23-19-13-7-8-14-20(19)24-22(26)28-16-18-11-5-2-6-12-18/h1-12,19-20H,13-16H2,(H,23,25)(H,24,26)/t19-,20-/m0/s1. The molecule has 0 spiro atoms. The van der Waals surface area contributed by atoms with Crippen LogP contribution in [0.15, 0.2) is 72.8 Å². The van der Waals surface area contributed by atoms with Crippen molar-refractivity contribution in [3.8, 4) is 0 Å². The van der Waals surface area contributed by atoms with Crippen molar-refractivity contribution in [1.82, 2.24) is 10.6 Å². The van der Waals surface area contributed by atoms with Gasteiger partial charge in [-0.2, -0.15) is 0 Å². The first kappa shape index (κ1) is 19.5. The quantitative estimate of drug-likeness (QED) is 0.745. The van der Waals surface area contributed by atoms with E-state index in [0.29, 0.717) is 12.8 Å². The number of rotatable bonds is 6. The van der Waals surface area contributed by atoms with Crippen LogP contribution >= 0.6 is 0 Å². The van der Waals surface area contributed by atoms with Crippen LogP contribution in [0.25, 0.3) is 0 Å². The minimum absolute atomic E-state index is 0.201. The van der Waals surface area contributed by atoms with Crippen LogP contribution in [0, 0.1) is 0 Å². The topological polar surface area (TPSA) is 76.7 Å². The van der Waals surface area contributed by atoms with Crippen LogP contribution in [-0.4, -0.2) is 24.3 Å². The lowest BCUT2D eigenvalue weighted by molar-refractivity contribution is 0.123. The molecule has 1 aliphatic rings. The second-order valence-corrected chi connectivity index (χ2v) is 6.57. The van der Waals surface area contributed by atoms with Crippen molar-refractivity contribution in [3.63, 3.8) is 0 Å². The molecule has 1 aliphatic carbocycles. The van der Waals surface area contributed by atoms with E-state index in [4.69, 9.17) is 9.47 Å². The first-order valence-corrected chi connectivity index (χ1v) is 9.30. The number of carbonyl (C=O) groups excluding carboxylic acids is 2. The molecule has 6 nitrogen and oxygen atoms in total. The van der Waals surface area contributed by atoms with Crippen molar-refractivity contribution in [3.05, 3.63) is 83.9 Å². The van der Waals surface area contributed by atoms with Gasteiger partial charge in [0.15, 0.2) is 0 Å². The van der Waals surface area contributed by atoms with Crippen molar-refractivity contribution in [2.24, 2.45) is 0 Å². The summed E-state index contributed by atoms with van der Waals surface area (Å²) in [4.78, 5) is 24.3. The molecule has 0 saturated heterocycles. The van der Waals surface area contributed by atoms with Gasteiger partial charge in [0.25, 0.3) is 0 Å². The number of nitrogens with one attached hydrogen (secondary N) is 2. The smallest absolute Gasteiger partial charge is 0.407 e. The van der Waals surface area contributed by atoms with Crippen LogP contribution in [0.3, 0.4) is 0 Å². The highest BCUT2D eigenvalue weighted by Gasteiger charge is 2.26. The van der Waals surface area contributed by atoms with Gasteiger partial charge in [0.2, 0.25) is 0 Å². The van der Waals surface area contributed by atoms with Crippen molar-refractivity contribution in [1.29, 1.82) is 0 Å². The first-order chi connectivity index (χ1) is 13.7. The van der Waals surface area contributed by atoms with E-state index in [0.717, 1.165) is 11.1 Å². The average molecular weight is 380 g/mol. The summed E-state index contributed by atoms with van der Waals surface area (Å²) in [7, 11) is 0. The average Bonchev–Trinajstić information content (AvgIpc) is 2.74. The molecular weight excluding hydrogens is 356 g/mol. The molecule has 0 aromatic heterocycles. The molecule has 0 bridgehead atoms. The van der Waals surface area contributed by atoms with E-state index in [1.54, 1.807) is 0 Å². The number of hydrogen-bond donors (Lipinski definition) is 2. The minimum atomic E-state index is -0.506. The summed E-state index contributed by atoms with van der Waals surface area (Å²) < 4.78 is 10.5. The van der Waals surface area contributed by atoms with Crippen LogP contribution in [-0.2, 0) is 22.7 Å². The molecule has 2 aromatic rings. The Kier molecular flexibility index (Phi) is 7.07. The van der Waals surface area contributed by atoms with E-state index in [2.05, 4.69) is 10.6 Å². The fourth-order valence-corrected chi connectivity index (χ4v) is 2.97. The van der Waals surface area contributed by atoms with E-state index in [1.807, 2.05) is 72.8 Å². The summed E-state index contributed by atoms with van der Waals surface area (Å²) in [5.41, 5.74) is 1.83. The molecule has 0 unspecified atom stereocenters. The Morgan fingerprint density at radius 2 is 1.11 bits per heavy atom. The minimum Gasteiger partial charge on any atom is -0.445 e. The Hall–Kier alpha value is -3.28. The number of carbonyl (C=O) groups is 2. The van der Waals surface area contributed by atoms with Gasteiger partial charge >= 0.3 is 12.2 Å². The fraction of sp³-hybridized carbons (Fsp3) is 0.273. The first-order valence-electron chi connectivity index (χ1n) is 9.30. The van der Waals surface area contributed by atoms with E-state index in [-0.39, 0.29) is 25.3 Å². The van der Waals surface area contributed by atoms with Crippen LogP contribution < -0.4 is 10.6 Å². The Labute approximate surface area is 164 Å². The molecule has 2 amide bonds. The number of hydrogen-bond acceptors (Lipinski definition) is 4. The summed E-state index contributed by atoms with van der Waals surface area (Å²) in [6, 6.07) is 18.5. The molecule has 0 aliphatic heterocycles. The van der Waals surface area contributed by atoms with Gasteiger partial charge in [0.05, 0.1) is 12.1 Å². The number of alkyl carbamates (subject to hydrolysis) is 2. The van der Waals surface area contributed by atoms with Crippen LogP contribution in [0.4, 0.5) is 9.59 Å². The molecule has 0 heterocycles. The molecule has 0 fully saturated rings. The van der Waals surface area contributed by atoms with Gasteiger partial charge in [0, 0.05) is 0 Å².